The summed E-state index contributed by atoms with van der Waals surface area (Å²) in [7, 11) is 1.33. The summed E-state index contributed by atoms with van der Waals surface area (Å²) in [6.45, 7) is 4.66. The number of halogens is 3. The number of carboxylic acid groups (broad SMARTS) is 1. The molecule has 0 aromatic carbocycles. The highest BCUT2D eigenvalue weighted by Crippen LogP contribution is 2.18. The molecule has 1 aliphatic heterocycles. The third kappa shape index (κ3) is 6.76. The molecule has 2 N–H and O–H groups in total. The van der Waals surface area contributed by atoms with Gasteiger partial charge in [-0.15, -0.1) is 10.2 Å². The number of carbonyl (C=O) groups is 2. The number of nitrogens with zero attached hydrogens (tertiary/aromatic N) is 5. The molecule has 2 aromatic heterocycles. The van der Waals surface area contributed by atoms with Crippen molar-refractivity contribution in [1.29, 1.82) is 0 Å². The van der Waals surface area contributed by atoms with Crippen LogP contribution in [0.25, 0.3) is 11.4 Å². The molecule has 0 spiro atoms. The minimum absolute atomic E-state index is 0.247. The van der Waals surface area contributed by atoms with E-state index in [4.69, 9.17) is 14.6 Å². The number of piperidine rings is 1. The number of hydrogen-bond acceptors (Lipinski definition) is 8. The monoisotopic (exact) mass is 430 g/mol. The van der Waals surface area contributed by atoms with Crippen LogP contribution in [0.3, 0.4) is 0 Å². The molecular formula is C17H21F3N6O4. The van der Waals surface area contributed by atoms with Gasteiger partial charge in [-0.05, 0) is 56.1 Å². The number of aromatic nitrogens is 5. The van der Waals surface area contributed by atoms with E-state index in [1.165, 1.54) is 7.11 Å². The predicted octanol–water partition coefficient (Wildman–Crippen LogP) is 1.46. The summed E-state index contributed by atoms with van der Waals surface area (Å²) in [6, 6.07) is 3.46. The molecule has 1 fully saturated rings. The summed E-state index contributed by atoms with van der Waals surface area (Å²) >= 11 is 0. The molecule has 13 heteroatoms. The lowest BCUT2D eigenvalue weighted by atomic mass is 9.99. The molecule has 10 nitrogen and oxygen atoms in total. The van der Waals surface area contributed by atoms with Gasteiger partial charge in [0.1, 0.15) is 5.69 Å². The van der Waals surface area contributed by atoms with E-state index in [1.807, 2.05) is 13.0 Å². The largest absolute Gasteiger partial charge is 0.490 e. The smallest absolute Gasteiger partial charge is 0.475 e. The van der Waals surface area contributed by atoms with Gasteiger partial charge in [-0.3, -0.25) is 0 Å². The Balaban J connectivity index is 0.000000396. The van der Waals surface area contributed by atoms with Crippen LogP contribution < -0.4 is 5.32 Å². The van der Waals surface area contributed by atoms with Gasteiger partial charge >= 0.3 is 18.1 Å². The fraction of sp³-hybridized carbons (Fsp3) is 0.529. The molecule has 0 atom stereocenters. The Labute approximate surface area is 169 Å². The first kappa shape index (κ1) is 23.2. The highest BCUT2D eigenvalue weighted by molar-refractivity contribution is 5.88. The van der Waals surface area contributed by atoms with E-state index in [-0.39, 0.29) is 5.69 Å². The number of hydrogen-bond donors (Lipinski definition) is 2. The molecule has 30 heavy (non-hydrogen) atoms. The lowest BCUT2D eigenvalue weighted by molar-refractivity contribution is -0.192. The van der Waals surface area contributed by atoms with Gasteiger partial charge in [0, 0.05) is 11.3 Å². The number of carboxylic acids is 1. The van der Waals surface area contributed by atoms with E-state index in [9.17, 15) is 18.0 Å². The molecule has 0 saturated carbocycles. The van der Waals surface area contributed by atoms with Crippen LogP contribution in [0.2, 0.25) is 0 Å². The van der Waals surface area contributed by atoms with Crippen LogP contribution >= 0.6 is 0 Å². The van der Waals surface area contributed by atoms with Crippen molar-refractivity contribution in [3.8, 4) is 11.4 Å². The van der Waals surface area contributed by atoms with E-state index < -0.39 is 18.1 Å². The topological polar surface area (TPSA) is 132 Å². The maximum atomic E-state index is 11.7. The normalized spacial score (nSPS) is 14.6. The number of nitrogens with one attached hydrogen (secondary N) is 1. The van der Waals surface area contributed by atoms with Crippen LogP contribution in [0.4, 0.5) is 13.2 Å². The molecule has 0 unspecified atom stereocenters. The number of methoxy groups -OCH3 is 1. The minimum Gasteiger partial charge on any atom is -0.475 e. The first-order chi connectivity index (χ1) is 14.1. The van der Waals surface area contributed by atoms with E-state index >= 15 is 0 Å². The number of pyridine rings is 1. The lowest BCUT2D eigenvalue weighted by Crippen LogP contribution is -2.30. The summed E-state index contributed by atoms with van der Waals surface area (Å²) in [5.41, 5.74) is 1.67. The van der Waals surface area contributed by atoms with Crippen molar-refractivity contribution in [3.63, 3.8) is 0 Å². The average molecular weight is 430 g/mol. The first-order valence-corrected chi connectivity index (χ1v) is 8.96. The van der Waals surface area contributed by atoms with Crippen LogP contribution in [-0.2, 0) is 16.1 Å². The summed E-state index contributed by atoms with van der Waals surface area (Å²) in [5, 5.41) is 23.1. The molecule has 2 aromatic rings. The number of carbonyl (C=O) groups excluding carboxylic acids is 1. The molecule has 3 rings (SSSR count). The second kappa shape index (κ2) is 10.1. The van der Waals surface area contributed by atoms with E-state index in [0.29, 0.717) is 17.4 Å². The Morgan fingerprint density at radius 2 is 1.93 bits per heavy atom. The van der Waals surface area contributed by atoms with Crippen molar-refractivity contribution in [2.24, 2.45) is 5.92 Å². The Kier molecular flexibility index (Phi) is 7.80. The molecular weight excluding hydrogens is 409 g/mol. The van der Waals surface area contributed by atoms with Gasteiger partial charge in [-0.2, -0.15) is 18.0 Å². The zero-order valence-electron chi connectivity index (χ0n) is 16.3. The van der Waals surface area contributed by atoms with E-state index in [2.05, 4.69) is 25.7 Å². The van der Waals surface area contributed by atoms with Crippen LogP contribution in [0.1, 0.15) is 29.0 Å². The number of ether oxygens (including phenoxy) is 1. The molecule has 0 aliphatic carbocycles. The maximum Gasteiger partial charge on any atom is 0.490 e. The van der Waals surface area contributed by atoms with Gasteiger partial charge in [0.05, 0.1) is 13.7 Å². The second-order valence-electron chi connectivity index (χ2n) is 6.54. The SMILES string of the molecule is COC(=O)c1cc(-c2nnn(CC3CCNCC3)n2)cc(C)n1.O=C(O)C(F)(F)F. The van der Waals surface area contributed by atoms with Crippen LogP contribution in [0, 0.1) is 12.8 Å². The van der Waals surface area contributed by atoms with Gasteiger partial charge in [0.15, 0.2) is 0 Å². The lowest BCUT2D eigenvalue weighted by Gasteiger charge is -2.21. The average Bonchev–Trinajstić information content (AvgIpc) is 3.16. The van der Waals surface area contributed by atoms with Crippen LogP contribution in [0.15, 0.2) is 12.1 Å². The van der Waals surface area contributed by atoms with Crippen molar-refractivity contribution < 1.29 is 32.6 Å². The predicted molar refractivity (Wildman–Crippen MR) is 96.4 cm³/mol. The summed E-state index contributed by atoms with van der Waals surface area (Å²) in [5.74, 6) is -2.16. The molecule has 0 amide bonds. The van der Waals surface area contributed by atoms with Gasteiger partial charge < -0.3 is 15.2 Å². The fourth-order valence-electron chi connectivity index (χ4n) is 2.74. The van der Waals surface area contributed by atoms with Gasteiger partial charge in [-0.1, -0.05) is 0 Å². The van der Waals surface area contributed by atoms with E-state index in [0.717, 1.165) is 38.0 Å². The van der Waals surface area contributed by atoms with Crippen LogP contribution in [-0.4, -0.2) is 68.6 Å². The van der Waals surface area contributed by atoms with Crippen molar-refractivity contribution >= 4 is 11.9 Å². The quantitative estimate of drug-likeness (QED) is 0.692. The standard InChI is InChI=1S/C15H20N6O2.C2HF3O2/c1-10-7-12(8-13(17-10)15(22)23-2)14-18-20-21(19-14)9-11-3-5-16-6-4-11;3-2(4,5)1(6)7/h7-8,11,16H,3-6,9H2,1-2H3;(H,6,7). The molecule has 1 aliphatic rings. The summed E-state index contributed by atoms with van der Waals surface area (Å²) < 4.78 is 36.5. The zero-order chi connectivity index (χ0) is 22.3. The van der Waals surface area contributed by atoms with Crippen molar-refractivity contribution in [2.45, 2.75) is 32.5 Å². The third-order valence-corrected chi connectivity index (χ3v) is 4.18. The molecule has 3 heterocycles. The third-order valence-electron chi connectivity index (χ3n) is 4.18. The van der Waals surface area contributed by atoms with Crippen LogP contribution in [0.5, 0.6) is 0 Å². The highest BCUT2D eigenvalue weighted by Gasteiger charge is 2.38. The van der Waals surface area contributed by atoms with Gasteiger partial charge in [0.25, 0.3) is 0 Å². The molecule has 164 valence electrons. The van der Waals surface area contributed by atoms with Crippen molar-refractivity contribution in [1.82, 2.24) is 30.5 Å². The van der Waals surface area contributed by atoms with Gasteiger partial charge in [0.2, 0.25) is 5.82 Å². The number of aryl methyl sites for hydroxylation is 1. The number of aliphatic carboxylic acids is 1. The molecule has 0 bridgehead atoms. The maximum absolute atomic E-state index is 11.7. The van der Waals surface area contributed by atoms with Crippen molar-refractivity contribution in [2.75, 3.05) is 20.2 Å². The Bertz CT molecular complexity index is 881. The van der Waals surface area contributed by atoms with E-state index in [1.54, 1.807) is 10.9 Å². The highest BCUT2D eigenvalue weighted by atomic mass is 19.4. The fourth-order valence-corrected chi connectivity index (χ4v) is 2.74. The number of esters is 1. The number of tetrazole rings is 1. The second-order valence-corrected chi connectivity index (χ2v) is 6.54. The number of rotatable bonds is 4. The van der Waals surface area contributed by atoms with Crippen molar-refractivity contribution in [3.05, 3.63) is 23.5 Å². The molecule has 1 saturated heterocycles. The Morgan fingerprint density at radius 1 is 1.30 bits per heavy atom. The molecule has 0 radical (unpaired) electrons. The number of alkyl halides is 3. The van der Waals surface area contributed by atoms with Gasteiger partial charge in [-0.25, -0.2) is 14.6 Å². The first-order valence-electron chi connectivity index (χ1n) is 8.96. The summed E-state index contributed by atoms with van der Waals surface area (Å²) in [4.78, 5) is 26.4. The summed E-state index contributed by atoms with van der Waals surface area (Å²) in [6.07, 6.45) is -2.84. The minimum atomic E-state index is -5.08. The Morgan fingerprint density at radius 3 is 2.50 bits per heavy atom. The zero-order valence-corrected chi connectivity index (χ0v) is 16.3. The Hall–Kier alpha value is -3.09.